The van der Waals surface area contributed by atoms with E-state index in [1.807, 2.05) is 18.2 Å². The van der Waals surface area contributed by atoms with Gasteiger partial charge in [-0.2, -0.15) is 0 Å². The SMILES string of the molecule is COC1CCCC1Nc1cccc(NN)n1. The molecule has 0 aromatic carbocycles. The molecule has 1 aliphatic carbocycles. The van der Waals surface area contributed by atoms with E-state index in [4.69, 9.17) is 10.6 Å². The first kappa shape index (κ1) is 11.2. The minimum atomic E-state index is 0.288. The van der Waals surface area contributed by atoms with Crippen LogP contribution in [0.5, 0.6) is 0 Å². The molecule has 2 unspecified atom stereocenters. The van der Waals surface area contributed by atoms with E-state index in [2.05, 4.69) is 15.7 Å². The molecule has 4 N–H and O–H groups in total. The Bertz CT molecular complexity index is 345. The number of aromatic nitrogens is 1. The number of nitrogen functional groups attached to an aromatic ring is 1. The number of anilines is 2. The molecule has 0 amide bonds. The Morgan fingerprint density at radius 1 is 1.38 bits per heavy atom. The van der Waals surface area contributed by atoms with Gasteiger partial charge in [0, 0.05) is 7.11 Å². The van der Waals surface area contributed by atoms with Crippen molar-refractivity contribution < 1.29 is 4.74 Å². The van der Waals surface area contributed by atoms with E-state index < -0.39 is 0 Å². The Kier molecular flexibility index (Phi) is 3.58. The summed E-state index contributed by atoms with van der Waals surface area (Å²) >= 11 is 0. The summed E-state index contributed by atoms with van der Waals surface area (Å²) in [6.45, 7) is 0. The Labute approximate surface area is 95.4 Å². The second-order valence-corrected chi connectivity index (χ2v) is 4.01. The van der Waals surface area contributed by atoms with E-state index in [-0.39, 0.29) is 6.10 Å². The highest BCUT2D eigenvalue weighted by Crippen LogP contribution is 2.24. The predicted octanol–water partition coefficient (Wildman–Crippen LogP) is 1.35. The van der Waals surface area contributed by atoms with Gasteiger partial charge >= 0.3 is 0 Å². The van der Waals surface area contributed by atoms with Gasteiger partial charge in [0.15, 0.2) is 0 Å². The molecule has 2 rings (SSSR count). The van der Waals surface area contributed by atoms with Crippen molar-refractivity contribution in [1.82, 2.24) is 4.98 Å². The molecular weight excluding hydrogens is 204 g/mol. The largest absolute Gasteiger partial charge is 0.379 e. The van der Waals surface area contributed by atoms with Crippen molar-refractivity contribution in [3.63, 3.8) is 0 Å². The van der Waals surface area contributed by atoms with E-state index in [1.165, 1.54) is 6.42 Å². The topological polar surface area (TPSA) is 72.2 Å². The van der Waals surface area contributed by atoms with Crippen molar-refractivity contribution >= 4 is 11.6 Å². The smallest absolute Gasteiger partial charge is 0.142 e. The molecule has 1 heterocycles. The summed E-state index contributed by atoms with van der Waals surface area (Å²) in [5.41, 5.74) is 2.54. The lowest BCUT2D eigenvalue weighted by molar-refractivity contribution is 0.101. The van der Waals surface area contributed by atoms with Gasteiger partial charge in [0.1, 0.15) is 11.6 Å². The summed E-state index contributed by atoms with van der Waals surface area (Å²) in [4.78, 5) is 4.32. The Balaban J connectivity index is 2.02. The maximum atomic E-state index is 5.42. The molecule has 0 radical (unpaired) electrons. The van der Waals surface area contributed by atoms with Crippen molar-refractivity contribution in [2.75, 3.05) is 17.9 Å². The predicted molar refractivity (Wildman–Crippen MR) is 64.1 cm³/mol. The monoisotopic (exact) mass is 222 g/mol. The molecule has 1 aromatic rings. The standard InChI is InChI=1S/C11H18N4O/c1-16-9-5-2-4-8(9)13-10-6-3-7-11(14-10)15-12/h3,6-9H,2,4-5,12H2,1H3,(H2,13,14,15). The lowest BCUT2D eigenvalue weighted by Crippen LogP contribution is -2.30. The lowest BCUT2D eigenvalue weighted by Gasteiger charge is -2.20. The number of rotatable bonds is 4. The van der Waals surface area contributed by atoms with E-state index in [1.54, 1.807) is 7.11 Å². The maximum absolute atomic E-state index is 5.42. The summed E-state index contributed by atoms with van der Waals surface area (Å²) in [5.74, 6) is 6.82. The number of nitrogens with one attached hydrogen (secondary N) is 2. The Morgan fingerprint density at radius 3 is 2.94 bits per heavy atom. The number of hydrazine groups is 1. The van der Waals surface area contributed by atoms with Crippen LogP contribution < -0.4 is 16.6 Å². The first-order chi connectivity index (χ1) is 7.83. The summed E-state index contributed by atoms with van der Waals surface area (Å²) in [6, 6.07) is 6.03. The second-order valence-electron chi connectivity index (χ2n) is 4.01. The normalized spacial score (nSPS) is 24.4. The highest BCUT2D eigenvalue weighted by molar-refractivity contribution is 5.45. The van der Waals surface area contributed by atoms with Crippen LogP contribution in [0.1, 0.15) is 19.3 Å². The molecule has 1 fully saturated rings. The van der Waals surface area contributed by atoms with E-state index in [0.29, 0.717) is 11.9 Å². The minimum Gasteiger partial charge on any atom is -0.379 e. The number of nitrogens with two attached hydrogens (primary N) is 1. The van der Waals surface area contributed by atoms with Gasteiger partial charge in [-0.15, -0.1) is 0 Å². The van der Waals surface area contributed by atoms with Gasteiger partial charge in [0.05, 0.1) is 12.1 Å². The fraction of sp³-hybridized carbons (Fsp3) is 0.545. The molecule has 5 nitrogen and oxygen atoms in total. The molecular formula is C11H18N4O. The van der Waals surface area contributed by atoms with E-state index in [9.17, 15) is 0 Å². The van der Waals surface area contributed by atoms with Crippen molar-refractivity contribution in [1.29, 1.82) is 0 Å². The van der Waals surface area contributed by atoms with Crippen LogP contribution in [0.2, 0.25) is 0 Å². The first-order valence-corrected chi connectivity index (χ1v) is 5.56. The summed E-state index contributed by atoms with van der Waals surface area (Å²) < 4.78 is 5.42. The number of ether oxygens (including phenoxy) is 1. The number of nitrogens with zero attached hydrogens (tertiary/aromatic N) is 1. The number of hydrogen-bond acceptors (Lipinski definition) is 5. The van der Waals surface area contributed by atoms with Crippen molar-refractivity contribution in [2.24, 2.45) is 5.84 Å². The van der Waals surface area contributed by atoms with Gasteiger partial charge in [0.25, 0.3) is 0 Å². The van der Waals surface area contributed by atoms with Crippen LogP contribution in [-0.2, 0) is 4.74 Å². The van der Waals surface area contributed by atoms with Crippen LogP contribution in [0, 0.1) is 0 Å². The first-order valence-electron chi connectivity index (χ1n) is 5.56. The van der Waals surface area contributed by atoms with Crippen LogP contribution in [0.3, 0.4) is 0 Å². The summed E-state index contributed by atoms with van der Waals surface area (Å²) in [7, 11) is 1.76. The highest BCUT2D eigenvalue weighted by Gasteiger charge is 2.27. The van der Waals surface area contributed by atoms with Crippen molar-refractivity contribution in [3.8, 4) is 0 Å². The van der Waals surface area contributed by atoms with E-state index >= 15 is 0 Å². The van der Waals surface area contributed by atoms with Gasteiger partial charge in [-0.05, 0) is 31.4 Å². The minimum absolute atomic E-state index is 0.288. The Morgan fingerprint density at radius 2 is 2.19 bits per heavy atom. The fourth-order valence-electron chi connectivity index (χ4n) is 2.16. The third-order valence-corrected chi connectivity index (χ3v) is 2.99. The molecule has 5 heteroatoms. The van der Waals surface area contributed by atoms with Gasteiger partial charge in [0.2, 0.25) is 0 Å². The van der Waals surface area contributed by atoms with Crippen LogP contribution in [0.25, 0.3) is 0 Å². The van der Waals surface area contributed by atoms with Crippen LogP contribution in [0.15, 0.2) is 18.2 Å². The van der Waals surface area contributed by atoms with Gasteiger partial charge < -0.3 is 15.5 Å². The van der Waals surface area contributed by atoms with Gasteiger partial charge in [-0.3, -0.25) is 0 Å². The summed E-state index contributed by atoms with van der Waals surface area (Å²) in [5, 5.41) is 3.38. The lowest BCUT2D eigenvalue weighted by atomic mass is 10.2. The average Bonchev–Trinajstić information content (AvgIpc) is 2.76. The van der Waals surface area contributed by atoms with Crippen molar-refractivity contribution in [3.05, 3.63) is 18.2 Å². The molecule has 16 heavy (non-hydrogen) atoms. The molecule has 1 aromatic heterocycles. The average molecular weight is 222 g/mol. The maximum Gasteiger partial charge on any atom is 0.142 e. The zero-order chi connectivity index (χ0) is 11.4. The van der Waals surface area contributed by atoms with E-state index in [0.717, 1.165) is 18.7 Å². The molecule has 1 aliphatic rings. The van der Waals surface area contributed by atoms with Crippen molar-refractivity contribution in [2.45, 2.75) is 31.4 Å². The zero-order valence-electron chi connectivity index (χ0n) is 9.44. The van der Waals surface area contributed by atoms with Crippen LogP contribution in [-0.4, -0.2) is 24.2 Å². The summed E-state index contributed by atoms with van der Waals surface area (Å²) in [6.07, 6.45) is 3.73. The number of hydrogen-bond donors (Lipinski definition) is 3. The van der Waals surface area contributed by atoms with Gasteiger partial charge in [-0.25, -0.2) is 10.8 Å². The molecule has 88 valence electrons. The zero-order valence-corrected chi connectivity index (χ0v) is 9.44. The molecule has 0 aliphatic heterocycles. The number of methoxy groups -OCH3 is 1. The highest BCUT2D eigenvalue weighted by atomic mass is 16.5. The molecule has 0 spiro atoms. The molecule has 1 saturated carbocycles. The molecule has 0 bridgehead atoms. The fourth-order valence-corrected chi connectivity index (χ4v) is 2.16. The third kappa shape index (κ3) is 2.43. The molecule has 2 atom stereocenters. The molecule has 0 saturated heterocycles. The number of pyridine rings is 1. The van der Waals surface area contributed by atoms with Gasteiger partial charge in [-0.1, -0.05) is 6.07 Å². The quantitative estimate of drug-likeness (QED) is 0.530. The third-order valence-electron chi connectivity index (χ3n) is 2.99. The Hall–Kier alpha value is -1.33. The second kappa shape index (κ2) is 5.14. The van der Waals surface area contributed by atoms with Crippen LogP contribution in [0.4, 0.5) is 11.6 Å². The van der Waals surface area contributed by atoms with Crippen LogP contribution >= 0.6 is 0 Å².